The first kappa shape index (κ1) is 16.1. The number of rotatable bonds is 4. The van der Waals surface area contributed by atoms with Gasteiger partial charge in [-0.05, 0) is 6.07 Å². The Morgan fingerprint density at radius 1 is 1.44 bits per heavy atom. The number of nitrogens with two attached hydrogens (primary N) is 1. The van der Waals surface area contributed by atoms with E-state index in [1.54, 1.807) is 0 Å². The van der Waals surface area contributed by atoms with Crippen molar-refractivity contribution in [1.29, 1.82) is 0 Å². The molecule has 0 spiro atoms. The van der Waals surface area contributed by atoms with Crippen LogP contribution in [0, 0.1) is 5.82 Å². The Morgan fingerprint density at radius 3 is 2.88 bits per heavy atom. The monoisotopic (exact) mass is 347 g/mol. The van der Waals surface area contributed by atoms with E-state index in [-0.39, 0.29) is 22.9 Å². The summed E-state index contributed by atoms with van der Waals surface area (Å²) in [4.78, 5) is 32.7. The number of benzene rings is 1. The average molecular weight is 347 g/mol. The number of carboxylic acid groups (broad SMARTS) is 1. The van der Waals surface area contributed by atoms with E-state index in [0.717, 1.165) is 16.9 Å². The summed E-state index contributed by atoms with van der Waals surface area (Å²) < 4.78 is 19.9. The highest BCUT2D eigenvalue weighted by molar-refractivity contribution is 6.07. The third-order valence-electron chi connectivity index (χ3n) is 3.34. The first-order valence-electron chi connectivity index (χ1n) is 6.84. The maximum Gasteiger partial charge on any atom is 0.408 e. The maximum atomic E-state index is 13.7. The molecule has 2 aromatic heterocycles. The summed E-state index contributed by atoms with van der Waals surface area (Å²) >= 11 is 0. The Morgan fingerprint density at radius 2 is 2.20 bits per heavy atom. The summed E-state index contributed by atoms with van der Waals surface area (Å²) in [5.41, 5.74) is -0.582. The number of fused-ring (bicyclic) bond motifs is 1. The van der Waals surface area contributed by atoms with Crippen LogP contribution in [0.2, 0.25) is 0 Å². The molecule has 0 aliphatic carbocycles. The predicted octanol–water partition coefficient (Wildman–Crippen LogP) is -0.171. The Hall–Kier alpha value is -3.76. The Bertz CT molecular complexity index is 1000. The minimum absolute atomic E-state index is 0.0293. The van der Waals surface area contributed by atoms with Gasteiger partial charge in [0.2, 0.25) is 6.33 Å². The Kier molecular flexibility index (Phi) is 3.89. The SMILES string of the molecule is COc1cc(NC(=O)c2cc[n+]3c(ncn3N)n2)c(C(=O)O)cc1F. The Balaban J connectivity index is 1.97. The molecule has 0 unspecified atom stereocenters. The summed E-state index contributed by atoms with van der Waals surface area (Å²) in [6, 6.07) is 3.21. The van der Waals surface area contributed by atoms with Gasteiger partial charge in [-0.3, -0.25) is 10.6 Å². The van der Waals surface area contributed by atoms with Crippen molar-refractivity contribution in [3.8, 4) is 5.75 Å². The normalized spacial score (nSPS) is 10.6. The first-order valence-corrected chi connectivity index (χ1v) is 6.84. The van der Waals surface area contributed by atoms with Gasteiger partial charge in [0, 0.05) is 12.1 Å². The summed E-state index contributed by atoms with van der Waals surface area (Å²) in [5.74, 6) is 2.58. The molecule has 1 aromatic carbocycles. The molecule has 128 valence electrons. The van der Waals surface area contributed by atoms with Gasteiger partial charge in [-0.15, -0.1) is 4.52 Å². The molecule has 0 fully saturated rings. The van der Waals surface area contributed by atoms with E-state index in [1.807, 2.05) is 0 Å². The van der Waals surface area contributed by atoms with E-state index in [2.05, 4.69) is 15.3 Å². The highest BCUT2D eigenvalue weighted by Crippen LogP contribution is 2.26. The largest absolute Gasteiger partial charge is 0.494 e. The molecule has 3 rings (SSSR count). The van der Waals surface area contributed by atoms with Crippen molar-refractivity contribution < 1.29 is 28.3 Å². The number of aromatic carboxylic acids is 1. The van der Waals surface area contributed by atoms with E-state index >= 15 is 0 Å². The standard InChI is InChI=1S/C14H11FN6O4/c1-25-11-5-10(7(13(23)24)4-8(11)15)18-12(22)9-2-3-20-14(19-9)17-6-21(20)16/h2-6H,1H3,(H3-,16,18,22,23,24)/p+1. The van der Waals surface area contributed by atoms with Crippen LogP contribution >= 0.6 is 0 Å². The van der Waals surface area contributed by atoms with Crippen LogP contribution in [0.4, 0.5) is 10.1 Å². The van der Waals surface area contributed by atoms with Crippen LogP contribution < -0.4 is 20.4 Å². The van der Waals surface area contributed by atoms with Gasteiger partial charge in [0.1, 0.15) is 0 Å². The van der Waals surface area contributed by atoms with Crippen LogP contribution in [0.25, 0.3) is 5.78 Å². The number of carbonyl (C=O) groups excluding carboxylic acids is 1. The van der Waals surface area contributed by atoms with Gasteiger partial charge in [-0.2, -0.15) is 0 Å². The number of carboxylic acids is 1. The lowest BCUT2D eigenvalue weighted by molar-refractivity contribution is -0.605. The quantitative estimate of drug-likeness (QED) is 0.440. The molecule has 0 aliphatic heterocycles. The van der Waals surface area contributed by atoms with Gasteiger partial charge in [-0.25, -0.2) is 9.18 Å². The highest BCUT2D eigenvalue weighted by atomic mass is 19.1. The smallest absolute Gasteiger partial charge is 0.408 e. The number of hydrogen-bond donors (Lipinski definition) is 3. The lowest BCUT2D eigenvalue weighted by Gasteiger charge is -2.10. The van der Waals surface area contributed by atoms with Crippen molar-refractivity contribution in [2.75, 3.05) is 18.3 Å². The van der Waals surface area contributed by atoms with E-state index in [0.29, 0.717) is 0 Å². The van der Waals surface area contributed by atoms with Crippen molar-refractivity contribution in [1.82, 2.24) is 14.8 Å². The topological polar surface area (TPSA) is 136 Å². The summed E-state index contributed by atoms with van der Waals surface area (Å²) in [7, 11) is 1.22. The number of ether oxygens (including phenoxy) is 1. The van der Waals surface area contributed by atoms with Crippen LogP contribution in [0.15, 0.2) is 30.7 Å². The van der Waals surface area contributed by atoms with Gasteiger partial charge in [0.25, 0.3) is 5.91 Å². The van der Waals surface area contributed by atoms with Gasteiger partial charge >= 0.3 is 11.7 Å². The van der Waals surface area contributed by atoms with E-state index < -0.39 is 23.3 Å². The fraction of sp³-hybridized carbons (Fsp3) is 0.0714. The van der Waals surface area contributed by atoms with Crippen molar-refractivity contribution in [3.05, 3.63) is 47.8 Å². The fourth-order valence-corrected chi connectivity index (χ4v) is 2.14. The van der Waals surface area contributed by atoms with E-state index in [1.165, 1.54) is 30.2 Å². The van der Waals surface area contributed by atoms with Crippen molar-refractivity contribution in [2.24, 2.45) is 0 Å². The summed E-state index contributed by atoms with van der Waals surface area (Å²) in [6.45, 7) is 0. The van der Waals surface area contributed by atoms with Crippen molar-refractivity contribution in [3.63, 3.8) is 0 Å². The molecular weight excluding hydrogens is 335 g/mol. The highest BCUT2D eigenvalue weighted by Gasteiger charge is 2.20. The molecule has 1 amide bonds. The number of nitrogen functional groups attached to an aromatic ring is 1. The second kappa shape index (κ2) is 6.03. The van der Waals surface area contributed by atoms with E-state index in [4.69, 9.17) is 10.6 Å². The number of carbonyl (C=O) groups is 2. The lowest BCUT2D eigenvalue weighted by Crippen LogP contribution is -2.38. The lowest BCUT2D eigenvalue weighted by atomic mass is 10.1. The van der Waals surface area contributed by atoms with Gasteiger partial charge in [0.15, 0.2) is 17.3 Å². The zero-order valence-corrected chi connectivity index (χ0v) is 12.8. The van der Waals surface area contributed by atoms with Crippen molar-refractivity contribution in [2.45, 2.75) is 0 Å². The zero-order chi connectivity index (χ0) is 18.1. The second-order valence-electron chi connectivity index (χ2n) is 4.87. The minimum atomic E-state index is -1.40. The Labute approximate surface area is 139 Å². The van der Waals surface area contributed by atoms with Crippen molar-refractivity contribution >= 4 is 23.3 Å². The zero-order valence-electron chi connectivity index (χ0n) is 12.8. The molecule has 3 aromatic rings. The number of nitrogens with one attached hydrogen (secondary N) is 1. The summed E-state index contributed by atoms with van der Waals surface area (Å²) in [6.07, 6.45) is 2.77. The predicted molar refractivity (Wildman–Crippen MR) is 81.2 cm³/mol. The van der Waals surface area contributed by atoms with Crippen LogP contribution in [0.5, 0.6) is 5.75 Å². The van der Waals surface area contributed by atoms with Gasteiger partial charge in [0.05, 0.1) is 24.6 Å². The molecule has 0 atom stereocenters. The number of aromatic nitrogens is 4. The fourth-order valence-electron chi connectivity index (χ4n) is 2.14. The maximum absolute atomic E-state index is 13.7. The number of halogens is 1. The van der Waals surface area contributed by atoms with Crippen LogP contribution in [-0.4, -0.2) is 38.9 Å². The third-order valence-corrected chi connectivity index (χ3v) is 3.34. The molecule has 4 N–H and O–H groups in total. The second-order valence-corrected chi connectivity index (χ2v) is 4.87. The average Bonchev–Trinajstić information content (AvgIpc) is 2.96. The molecule has 11 heteroatoms. The minimum Gasteiger partial charge on any atom is -0.494 e. The van der Waals surface area contributed by atoms with Crippen LogP contribution in [0.1, 0.15) is 20.8 Å². The summed E-state index contributed by atoms with van der Waals surface area (Å²) in [5, 5.41) is 11.6. The van der Waals surface area contributed by atoms with Gasteiger partial charge in [-0.1, -0.05) is 14.8 Å². The molecule has 0 saturated heterocycles. The number of methoxy groups -OCH3 is 1. The first-order chi connectivity index (χ1) is 11.9. The molecule has 0 radical (unpaired) electrons. The third kappa shape index (κ3) is 2.89. The molecule has 2 heterocycles. The number of amides is 1. The number of nitrogens with zero attached hydrogens (tertiary/aromatic N) is 4. The molecule has 0 bridgehead atoms. The van der Waals surface area contributed by atoms with Crippen LogP contribution in [-0.2, 0) is 0 Å². The van der Waals surface area contributed by atoms with Crippen LogP contribution in [0.3, 0.4) is 0 Å². The molecule has 10 nitrogen and oxygen atoms in total. The molecule has 0 saturated carbocycles. The number of anilines is 1. The molecule has 0 aliphatic rings. The molecular formula is C14H12FN6O4+. The number of hydrogen-bond acceptors (Lipinski definition) is 6. The molecule has 25 heavy (non-hydrogen) atoms. The van der Waals surface area contributed by atoms with Gasteiger partial charge < -0.3 is 15.2 Å². The van der Waals surface area contributed by atoms with E-state index in [9.17, 15) is 19.1 Å².